The van der Waals surface area contributed by atoms with Crippen LogP contribution in [0.4, 0.5) is 5.69 Å². The molecule has 72 valence electrons. The third-order valence-corrected chi connectivity index (χ3v) is 3.25. The molecule has 0 saturated carbocycles. The number of benzene rings is 1. The lowest BCUT2D eigenvalue weighted by Gasteiger charge is -2.25. The smallest absolute Gasteiger partial charge is 0.296 e. The van der Waals surface area contributed by atoms with Crippen LogP contribution in [0.2, 0.25) is 5.82 Å². The molecule has 0 saturated heterocycles. The molecule has 1 aromatic carbocycles. The summed E-state index contributed by atoms with van der Waals surface area (Å²) in [5, 5.41) is 3.53. The van der Waals surface area contributed by atoms with E-state index < -0.39 is 0 Å². The lowest BCUT2D eigenvalue weighted by Crippen LogP contribution is -2.31. The molecule has 0 spiro atoms. The van der Waals surface area contributed by atoms with Crippen molar-refractivity contribution in [3.63, 3.8) is 0 Å². The molecule has 14 heavy (non-hydrogen) atoms. The summed E-state index contributed by atoms with van der Waals surface area (Å²) in [5.74, 6) is 0.592. The SMILES string of the molecule is CC(C)B1Nc2ccccc2C=C1Br. The molecular weight excluding hydrogens is 237 g/mol. The van der Waals surface area contributed by atoms with Gasteiger partial charge in [-0.3, -0.25) is 0 Å². The Morgan fingerprint density at radius 1 is 1.29 bits per heavy atom. The van der Waals surface area contributed by atoms with Gasteiger partial charge in [0, 0.05) is 5.69 Å². The van der Waals surface area contributed by atoms with Gasteiger partial charge >= 0.3 is 0 Å². The van der Waals surface area contributed by atoms with E-state index in [1.54, 1.807) is 0 Å². The molecule has 1 nitrogen and oxygen atoms in total. The van der Waals surface area contributed by atoms with E-state index in [9.17, 15) is 0 Å². The van der Waals surface area contributed by atoms with Gasteiger partial charge in [0.1, 0.15) is 0 Å². The summed E-state index contributed by atoms with van der Waals surface area (Å²) in [6.45, 7) is 4.85. The molecule has 3 heteroatoms. The second kappa shape index (κ2) is 3.81. The van der Waals surface area contributed by atoms with Crippen LogP contribution in [0.1, 0.15) is 19.4 Å². The maximum Gasteiger partial charge on any atom is 0.296 e. The average Bonchev–Trinajstić information content (AvgIpc) is 2.16. The molecule has 1 aliphatic rings. The number of para-hydroxylation sites is 1. The Labute approximate surface area is 93.8 Å². The zero-order valence-electron chi connectivity index (χ0n) is 8.42. The van der Waals surface area contributed by atoms with Gasteiger partial charge in [0.25, 0.3) is 6.85 Å². The normalized spacial score (nSPS) is 14.9. The highest BCUT2D eigenvalue weighted by Gasteiger charge is 2.26. The van der Waals surface area contributed by atoms with Crippen LogP contribution in [0.5, 0.6) is 0 Å². The van der Waals surface area contributed by atoms with Gasteiger partial charge in [-0.1, -0.05) is 48.0 Å². The number of hydrogen-bond acceptors (Lipinski definition) is 1. The summed E-state index contributed by atoms with van der Waals surface area (Å²) in [7, 11) is 0. The lowest BCUT2D eigenvalue weighted by atomic mass is 9.51. The number of halogens is 1. The maximum absolute atomic E-state index is 3.62. The van der Waals surface area contributed by atoms with Crippen LogP contribution in [0.15, 0.2) is 28.6 Å². The quantitative estimate of drug-likeness (QED) is 0.747. The van der Waals surface area contributed by atoms with Gasteiger partial charge in [-0.2, -0.15) is 0 Å². The highest BCUT2D eigenvalue weighted by atomic mass is 79.9. The predicted molar refractivity (Wildman–Crippen MR) is 67.8 cm³/mol. The van der Waals surface area contributed by atoms with Crippen LogP contribution >= 0.6 is 15.9 Å². The van der Waals surface area contributed by atoms with Crippen molar-refractivity contribution < 1.29 is 0 Å². The number of fused-ring (bicyclic) bond motifs is 1. The van der Waals surface area contributed by atoms with Crippen LogP contribution in [0.25, 0.3) is 6.08 Å². The van der Waals surface area contributed by atoms with E-state index in [2.05, 4.69) is 65.3 Å². The van der Waals surface area contributed by atoms with E-state index in [4.69, 9.17) is 0 Å². The van der Waals surface area contributed by atoms with Crippen molar-refractivity contribution in [1.82, 2.24) is 0 Å². The predicted octanol–water partition coefficient (Wildman–Crippen LogP) is 3.79. The number of rotatable bonds is 1. The molecule has 1 N–H and O–H groups in total. The standard InChI is InChI=1S/C11H13BBrN/c1-8(2)12-11(13)7-9-5-3-4-6-10(9)14-12/h3-8,14H,1-2H3. The summed E-state index contributed by atoms with van der Waals surface area (Å²) in [6.07, 6.45) is 2.20. The summed E-state index contributed by atoms with van der Waals surface area (Å²) in [5.41, 5.74) is 2.49. The van der Waals surface area contributed by atoms with Gasteiger partial charge in [-0.25, -0.2) is 0 Å². The molecule has 0 aliphatic carbocycles. The van der Waals surface area contributed by atoms with Crippen molar-refractivity contribution in [1.29, 1.82) is 0 Å². The molecular formula is C11H13BBrN. The van der Waals surface area contributed by atoms with E-state index in [1.165, 1.54) is 15.6 Å². The van der Waals surface area contributed by atoms with Crippen LogP contribution < -0.4 is 5.23 Å². The Morgan fingerprint density at radius 3 is 2.71 bits per heavy atom. The first-order valence-electron chi connectivity index (χ1n) is 4.91. The van der Waals surface area contributed by atoms with Gasteiger partial charge in [0.2, 0.25) is 0 Å². The van der Waals surface area contributed by atoms with Gasteiger partial charge in [0.15, 0.2) is 0 Å². The van der Waals surface area contributed by atoms with E-state index in [0.29, 0.717) is 12.7 Å². The molecule has 0 radical (unpaired) electrons. The zero-order valence-corrected chi connectivity index (χ0v) is 10.0. The van der Waals surface area contributed by atoms with Crippen LogP contribution in [0.3, 0.4) is 0 Å². The Bertz CT molecular complexity index is 373. The third kappa shape index (κ3) is 1.73. The van der Waals surface area contributed by atoms with Gasteiger partial charge in [0.05, 0.1) is 0 Å². The fourth-order valence-corrected chi connectivity index (χ4v) is 2.60. The Balaban J connectivity index is 2.38. The summed E-state index contributed by atoms with van der Waals surface area (Å²) in [6, 6.07) is 8.38. The van der Waals surface area contributed by atoms with Gasteiger partial charge in [-0.05, 0) is 27.9 Å². The first kappa shape index (κ1) is 9.84. The van der Waals surface area contributed by atoms with Crippen molar-refractivity contribution in [3.05, 3.63) is 34.2 Å². The molecule has 2 rings (SSSR count). The van der Waals surface area contributed by atoms with Crippen molar-refractivity contribution >= 4 is 34.5 Å². The first-order valence-corrected chi connectivity index (χ1v) is 5.70. The van der Waals surface area contributed by atoms with E-state index in [0.717, 1.165) is 0 Å². The molecule has 0 aromatic heterocycles. The average molecular weight is 250 g/mol. The second-order valence-corrected chi connectivity index (χ2v) is 4.90. The Morgan fingerprint density at radius 2 is 2.00 bits per heavy atom. The molecule has 1 aromatic rings. The van der Waals surface area contributed by atoms with E-state index >= 15 is 0 Å². The number of nitrogens with one attached hydrogen (secondary N) is 1. The summed E-state index contributed by atoms with van der Waals surface area (Å²) >= 11 is 3.62. The molecule has 0 fully saturated rings. The summed E-state index contributed by atoms with van der Waals surface area (Å²) in [4.78, 5) is 0. The second-order valence-electron chi connectivity index (χ2n) is 3.98. The van der Waals surface area contributed by atoms with E-state index in [-0.39, 0.29) is 0 Å². The Hall–Kier alpha value is -0.695. The highest BCUT2D eigenvalue weighted by molar-refractivity contribution is 9.12. The lowest BCUT2D eigenvalue weighted by molar-refractivity contribution is 1.04. The van der Waals surface area contributed by atoms with Crippen molar-refractivity contribution in [2.45, 2.75) is 19.7 Å². The van der Waals surface area contributed by atoms with Crippen LogP contribution in [0, 0.1) is 0 Å². The maximum atomic E-state index is 3.62. The zero-order chi connectivity index (χ0) is 10.1. The largest absolute Gasteiger partial charge is 0.423 e. The van der Waals surface area contributed by atoms with E-state index in [1.807, 2.05) is 0 Å². The molecule has 0 bridgehead atoms. The number of anilines is 1. The van der Waals surface area contributed by atoms with Crippen molar-refractivity contribution in [2.24, 2.45) is 0 Å². The molecule has 1 aliphatic heterocycles. The van der Waals surface area contributed by atoms with Crippen LogP contribution in [-0.2, 0) is 0 Å². The fourth-order valence-electron chi connectivity index (χ4n) is 1.71. The van der Waals surface area contributed by atoms with Crippen molar-refractivity contribution in [3.8, 4) is 0 Å². The molecule has 0 amide bonds. The van der Waals surface area contributed by atoms with Crippen LogP contribution in [-0.4, -0.2) is 6.85 Å². The molecule has 0 unspecified atom stereocenters. The first-order chi connectivity index (χ1) is 6.68. The van der Waals surface area contributed by atoms with Crippen molar-refractivity contribution in [2.75, 3.05) is 5.23 Å². The fraction of sp³-hybridized carbons (Fsp3) is 0.273. The minimum Gasteiger partial charge on any atom is -0.423 e. The summed E-state index contributed by atoms with van der Waals surface area (Å²) < 4.78 is 1.24. The molecule has 0 atom stereocenters. The molecule has 1 heterocycles. The topological polar surface area (TPSA) is 12.0 Å². The number of hydrogen-bond donors (Lipinski definition) is 1. The Kier molecular flexibility index (Phi) is 2.68. The van der Waals surface area contributed by atoms with Gasteiger partial charge < -0.3 is 5.23 Å². The highest BCUT2D eigenvalue weighted by Crippen LogP contribution is 2.31. The van der Waals surface area contributed by atoms with Gasteiger partial charge in [-0.15, -0.1) is 0 Å². The third-order valence-electron chi connectivity index (χ3n) is 2.53. The minimum absolute atomic E-state index is 0.407. The minimum atomic E-state index is 0.407. The monoisotopic (exact) mass is 249 g/mol.